The summed E-state index contributed by atoms with van der Waals surface area (Å²) in [6.45, 7) is 8.35. The van der Waals surface area contributed by atoms with Gasteiger partial charge in [-0.05, 0) is 50.5 Å². The largest absolute Gasteiger partial charge is 0.324 e. The van der Waals surface area contributed by atoms with Gasteiger partial charge in [-0.3, -0.25) is 0 Å². The molecule has 2 N–H and O–H groups in total. The lowest BCUT2D eigenvalue weighted by atomic mass is 10.1. The Morgan fingerprint density at radius 2 is 1.78 bits per heavy atom. The summed E-state index contributed by atoms with van der Waals surface area (Å²) >= 11 is 0. The molecule has 18 heavy (non-hydrogen) atoms. The summed E-state index contributed by atoms with van der Waals surface area (Å²) in [7, 11) is 0. The first-order valence-corrected chi connectivity index (χ1v) is 6.43. The maximum absolute atomic E-state index is 6.02. The van der Waals surface area contributed by atoms with Crippen LogP contribution in [0.2, 0.25) is 0 Å². The van der Waals surface area contributed by atoms with Crippen molar-refractivity contribution in [1.82, 2.24) is 9.78 Å². The fourth-order valence-electron chi connectivity index (χ4n) is 2.07. The Bertz CT molecular complexity index is 538. The second kappa shape index (κ2) is 4.94. The van der Waals surface area contributed by atoms with Crippen molar-refractivity contribution in [3.05, 3.63) is 46.8 Å². The highest BCUT2D eigenvalue weighted by Gasteiger charge is 2.09. The van der Waals surface area contributed by atoms with Crippen LogP contribution in [0.5, 0.6) is 0 Å². The van der Waals surface area contributed by atoms with E-state index in [2.05, 4.69) is 50.1 Å². The summed E-state index contributed by atoms with van der Waals surface area (Å²) in [5, 5.41) is 4.56. The van der Waals surface area contributed by atoms with E-state index in [1.165, 1.54) is 16.8 Å². The Labute approximate surface area is 109 Å². The average Bonchev–Trinajstić information content (AvgIpc) is 2.66. The highest BCUT2D eigenvalue weighted by atomic mass is 15.3. The van der Waals surface area contributed by atoms with Crippen LogP contribution in [0.15, 0.2) is 24.3 Å². The van der Waals surface area contributed by atoms with Crippen molar-refractivity contribution in [2.45, 2.75) is 40.2 Å². The number of aromatic nitrogens is 2. The fourth-order valence-corrected chi connectivity index (χ4v) is 2.07. The van der Waals surface area contributed by atoms with Crippen molar-refractivity contribution in [2.75, 3.05) is 0 Å². The second-order valence-electron chi connectivity index (χ2n) is 4.81. The van der Waals surface area contributed by atoms with Crippen molar-refractivity contribution in [3.63, 3.8) is 0 Å². The van der Waals surface area contributed by atoms with Crippen molar-refractivity contribution >= 4 is 0 Å². The van der Waals surface area contributed by atoms with Gasteiger partial charge in [0.1, 0.15) is 0 Å². The standard InChI is InChI=1S/C15H21N3/c1-5-15(16)13-6-8-14(9-7-13)18-12(4)10(2)11(3)17-18/h6-9,15H,5,16H2,1-4H3. The quantitative estimate of drug-likeness (QED) is 0.899. The van der Waals surface area contributed by atoms with Gasteiger partial charge in [0, 0.05) is 11.7 Å². The Kier molecular flexibility index (Phi) is 3.53. The Morgan fingerprint density at radius 1 is 1.17 bits per heavy atom. The van der Waals surface area contributed by atoms with E-state index in [0.29, 0.717) is 0 Å². The molecule has 0 saturated heterocycles. The lowest BCUT2D eigenvalue weighted by molar-refractivity contribution is 0.698. The van der Waals surface area contributed by atoms with Crippen LogP contribution in [0.1, 0.15) is 41.9 Å². The molecule has 3 heteroatoms. The Morgan fingerprint density at radius 3 is 2.22 bits per heavy atom. The molecule has 0 aliphatic rings. The van der Waals surface area contributed by atoms with Crippen LogP contribution >= 0.6 is 0 Å². The van der Waals surface area contributed by atoms with E-state index >= 15 is 0 Å². The zero-order chi connectivity index (χ0) is 13.3. The molecule has 1 heterocycles. The van der Waals surface area contributed by atoms with Gasteiger partial charge in [-0.2, -0.15) is 5.10 Å². The predicted molar refractivity (Wildman–Crippen MR) is 75.0 cm³/mol. The van der Waals surface area contributed by atoms with E-state index in [-0.39, 0.29) is 6.04 Å². The average molecular weight is 243 g/mol. The van der Waals surface area contributed by atoms with Gasteiger partial charge in [-0.25, -0.2) is 4.68 Å². The summed E-state index contributed by atoms with van der Waals surface area (Å²) < 4.78 is 1.99. The molecule has 0 bridgehead atoms. The zero-order valence-corrected chi connectivity index (χ0v) is 11.6. The molecule has 0 radical (unpaired) electrons. The molecule has 0 spiro atoms. The molecule has 2 rings (SSSR count). The monoisotopic (exact) mass is 243 g/mol. The summed E-state index contributed by atoms with van der Waals surface area (Å²) in [5.74, 6) is 0. The third-order valence-electron chi connectivity index (χ3n) is 3.66. The van der Waals surface area contributed by atoms with Crippen LogP contribution in [-0.4, -0.2) is 9.78 Å². The van der Waals surface area contributed by atoms with E-state index in [1.807, 2.05) is 11.6 Å². The first kappa shape index (κ1) is 12.8. The Balaban J connectivity index is 2.37. The zero-order valence-electron chi connectivity index (χ0n) is 11.6. The lowest BCUT2D eigenvalue weighted by Gasteiger charge is -2.10. The number of hydrogen-bond acceptors (Lipinski definition) is 2. The van der Waals surface area contributed by atoms with Crippen LogP contribution < -0.4 is 5.73 Å². The highest BCUT2D eigenvalue weighted by molar-refractivity contribution is 5.38. The van der Waals surface area contributed by atoms with Crippen molar-refractivity contribution < 1.29 is 0 Å². The number of benzene rings is 1. The fraction of sp³-hybridized carbons (Fsp3) is 0.400. The van der Waals surface area contributed by atoms with Crippen molar-refractivity contribution in [3.8, 4) is 5.69 Å². The van der Waals surface area contributed by atoms with Crippen LogP contribution in [0.4, 0.5) is 0 Å². The van der Waals surface area contributed by atoms with Gasteiger partial charge in [0.15, 0.2) is 0 Å². The minimum atomic E-state index is 0.126. The van der Waals surface area contributed by atoms with Crippen molar-refractivity contribution in [2.24, 2.45) is 5.73 Å². The molecule has 2 aromatic rings. The normalized spacial score (nSPS) is 12.7. The van der Waals surface area contributed by atoms with E-state index in [4.69, 9.17) is 5.73 Å². The highest BCUT2D eigenvalue weighted by Crippen LogP contribution is 2.19. The number of hydrogen-bond donors (Lipinski definition) is 1. The van der Waals surface area contributed by atoms with E-state index in [0.717, 1.165) is 17.8 Å². The molecule has 96 valence electrons. The molecule has 0 saturated carbocycles. The third-order valence-corrected chi connectivity index (χ3v) is 3.66. The van der Waals surface area contributed by atoms with Crippen LogP contribution in [0.3, 0.4) is 0 Å². The molecule has 1 unspecified atom stereocenters. The number of aryl methyl sites for hydroxylation is 1. The third kappa shape index (κ3) is 2.18. The van der Waals surface area contributed by atoms with E-state index in [1.54, 1.807) is 0 Å². The first-order chi connectivity index (χ1) is 8.54. The van der Waals surface area contributed by atoms with E-state index < -0.39 is 0 Å². The number of nitrogens with two attached hydrogens (primary N) is 1. The SMILES string of the molecule is CCC(N)c1ccc(-n2nc(C)c(C)c2C)cc1. The minimum Gasteiger partial charge on any atom is -0.324 e. The summed E-state index contributed by atoms with van der Waals surface area (Å²) in [6.07, 6.45) is 0.957. The lowest BCUT2D eigenvalue weighted by Crippen LogP contribution is -2.08. The molecular formula is C15H21N3. The number of nitrogens with zero attached hydrogens (tertiary/aromatic N) is 2. The molecule has 0 amide bonds. The molecule has 0 aliphatic carbocycles. The van der Waals surface area contributed by atoms with E-state index in [9.17, 15) is 0 Å². The first-order valence-electron chi connectivity index (χ1n) is 6.43. The smallest absolute Gasteiger partial charge is 0.0649 e. The predicted octanol–water partition coefficient (Wildman–Crippen LogP) is 3.21. The molecular weight excluding hydrogens is 222 g/mol. The molecule has 0 fully saturated rings. The Hall–Kier alpha value is -1.61. The van der Waals surface area contributed by atoms with Gasteiger partial charge in [0.05, 0.1) is 11.4 Å². The van der Waals surface area contributed by atoms with Gasteiger partial charge >= 0.3 is 0 Å². The maximum Gasteiger partial charge on any atom is 0.0649 e. The number of rotatable bonds is 3. The topological polar surface area (TPSA) is 43.8 Å². The van der Waals surface area contributed by atoms with Crippen LogP contribution in [0, 0.1) is 20.8 Å². The van der Waals surface area contributed by atoms with Gasteiger partial charge < -0.3 is 5.73 Å². The van der Waals surface area contributed by atoms with Crippen LogP contribution in [0.25, 0.3) is 5.69 Å². The summed E-state index contributed by atoms with van der Waals surface area (Å²) in [5.41, 5.74) is 11.8. The van der Waals surface area contributed by atoms with Crippen LogP contribution in [-0.2, 0) is 0 Å². The molecule has 1 atom stereocenters. The summed E-state index contributed by atoms with van der Waals surface area (Å²) in [6, 6.07) is 8.49. The molecule has 1 aromatic carbocycles. The minimum absolute atomic E-state index is 0.126. The van der Waals surface area contributed by atoms with Gasteiger partial charge in [-0.1, -0.05) is 19.1 Å². The van der Waals surface area contributed by atoms with Gasteiger partial charge in [-0.15, -0.1) is 0 Å². The second-order valence-corrected chi connectivity index (χ2v) is 4.81. The molecule has 1 aromatic heterocycles. The summed E-state index contributed by atoms with van der Waals surface area (Å²) in [4.78, 5) is 0. The van der Waals surface area contributed by atoms with Gasteiger partial charge in [0.2, 0.25) is 0 Å². The van der Waals surface area contributed by atoms with Gasteiger partial charge in [0.25, 0.3) is 0 Å². The van der Waals surface area contributed by atoms with Crippen molar-refractivity contribution in [1.29, 1.82) is 0 Å². The molecule has 3 nitrogen and oxygen atoms in total. The maximum atomic E-state index is 6.02. The molecule has 0 aliphatic heterocycles.